The van der Waals surface area contributed by atoms with E-state index in [0.717, 1.165) is 29.3 Å². The minimum absolute atomic E-state index is 0.151. The molecule has 2 aromatic carbocycles. The first-order valence-electron chi connectivity index (χ1n) is 13.1. The molecule has 4 rings (SSSR count). The minimum Gasteiger partial charge on any atom is -0.359 e. The van der Waals surface area contributed by atoms with Crippen LogP contribution in [0, 0.1) is 0 Å². The lowest BCUT2D eigenvalue weighted by Crippen LogP contribution is -2.54. The molecule has 0 spiro atoms. The largest absolute Gasteiger partial charge is 0.359 e. The molecule has 2 heterocycles. The zero-order valence-corrected chi connectivity index (χ0v) is 21.9. The van der Waals surface area contributed by atoms with Gasteiger partial charge in [0.2, 0.25) is 23.6 Å². The number of rotatable bonds is 10. The molecular formula is C29H35N5O4. The number of aromatic nitrogens is 1. The third-order valence-corrected chi connectivity index (χ3v) is 6.96. The number of hydrogen-bond donors (Lipinski definition) is 3. The maximum absolute atomic E-state index is 13.3. The Kier molecular flexibility index (Phi) is 8.78. The molecule has 1 aliphatic heterocycles. The van der Waals surface area contributed by atoms with Crippen LogP contribution in [0.25, 0.3) is 10.9 Å². The number of nitrogens with one attached hydrogen (secondary N) is 3. The van der Waals surface area contributed by atoms with Crippen molar-refractivity contribution in [2.75, 3.05) is 25.0 Å². The van der Waals surface area contributed by atoms with Crippen molar-refractivity contribution in [1.82, 2.24) is 20.5 Å². The van der Waals surface area contributed by atoms with Crippen LogP contribution in [0.15, 0.2) is 60.8 Å². The van der Waals surface area contributed by atoms with E-state index in [0.29, 0.717) is 25.2 Å². The number of para-hydroxylation sites is 1. The van der Waals surface area contributed by atoms with Gasteiger partial charge >= 0.3 is 0 Å². The molecule has 1 aliphatic rings. The molecule has 3 N–H and O–H groups in total. The topological polar surface area (TPSA) is 115 Å². The molecule has 38 heavy (non-hydrogen) atoms. The van der Waals surface area contributed by atoms with Gasteiger partial charge in [-0.25, -0.2) is 0 Å². The predicted octanol–water partition coefficient (Wildman–Crippen LogP) is 2.77. The SMILES string of the molecule is C[C@H](NC(=O)[C@H](CC(=O)N1CCCC1)NC(=O)CCc1ccccc1)C(=O)N(C)c1cccc2cc[nH]c12. The van der Waals surface area contributed by atoms with Crippen LogP contribution in [-0.4, -0.2) is 65.7 Å². The number of carbonyl (C=O) groups excluding carboxylic acids is 4. The standard InChI is InChI=1S/C29H35N5O4/c1-20(29(38)33(2)24-12-8-11-22-15-16-30-27(22)24)31-28(37)23(19-26(36)34-17-6-7-18-34)32-25(35)14-13-21-9-4-3-5-10-21/h3-5,8-12,15-16,20,23,30H,6-7,13-14,17-19H2,1-2H3,(H,31,37)(H,32,35)/t20-,23-/m0/s1. The summed E-state index contributed by atoms with van der Waals surface area (Å²) in [6.07, 6.45) is 4.21. The summed E-state index contributed by atoms with van der Waals surface area (Å²) in [6.45, 7) is 2.90. The molecule has 0 aliphatic carbocycles. The second kappa shape index (κ2) is 12.4. The van der Waals surface area contributed by atoms with E-state index in [1.165, 1.54) is 4.90 Å². The van der Waals surface area contributed by atoms with Gasteiger partial charge in [0.25, 0.3) is 0 Å². The van der Waals surface area contributed by atoms with Crippen molar-refractivity contribution in [1.29, 1.82) is 0 Å². The summed E-state index contributed by atoms with van der Waals surface area (Å²) in [5.41, 5.74) is 2.52. The van der Waals surface area contributed by atoms with Gasteiger partial charge in [0.1, 0.15) is 12.1 Å². The first-order chi connectivity index (χ1) is 18.3. The van der Waals surface area contributed by atoms with Crippen LogP contribution in [0.1, 0.15) is 38.2 Å². The maximum atomic E-state index is 13.3. The lowest BCUT2D eigenvalue weighted by molar-refractivity contribution is -0.136. The van der Waals surface area contributed by atoms with Crippen molar-refractivity contribution in [3.05, 3.63) is 66.4 Å². The molecule has 0 saturated carbocycles. The highest BCUT2D eigenvalue weighted by molar-refractivity contribution is 6.05. The Morgan fingerprint density at radius 2 is 1.71 bits per heavy atom. The van der Waals surface area contributed by atoms with E-state index in [9.17, 15) is 19.2 Å². The van der Waals surface area contributed by atoms with E-state index in [1.54, 1.807) is 25.1 Å². The average molecular weight is 518 g/mol. The van der Waals surface area contributed by atoms with Gasteiger partial charge in [0.05, 0.1) is 17.6 Å². The van der Waals surface area contributed by atoms with Crippen LogP contribution in [0.2, 0.25) is 0 Å². The van der Waals surface area contributed by atoms with E-state index >= 15 is 0 Å². The quantitative estimate of drug-likeness (QED) is 0.384. The van der Waals surface area contributed by atoms with E-state index in [1.807, 2.05) is 54.6 Å². The van der Waals surface area contributed by atoms with Crippen LogP contribution < -0.4 is 15.5 Å². The van der Waals surface area contributed by atoms with E-state index < -0.39 is 18.0 Å². The van der Waals surface area contributed by atoms with Crippen LogP contribution in [-0.2, 0) is 25.6 Å². The van der Waals surface area contributed by atoms with Gasteiger partial charge in [-0.3, -0.25) is 19.2 Å². The molecule has 1 fully saturated rings. The predicted molar refractivity (Wildman–Crippen MR) is 146 cm³/mol. The number of likely N-dealkylation sites (tertiary alicyclic amines) is 1. The smallest absolute Gasteiger partial charge is 0.249 e. The number of aromatic amines is 1. The molecule has 1 saturated heterocycles. The van der Waals surface area contributed by atoms with Crippen LogP contribution in [0.5, 0.6) is 0 Å². The number of fused-ring (bicyclic) bond motifs is 1. The number of amides is 4. The van der Waals surface area contributed by atoms with Gasteiger partial charge in [-0.15, -0.1) is 0 Å². The molecule has 0 bridgehead atoms. The second-order valence-electron chi connectivity index (χ2n) is 9.74. The Hall–Kier alpha value is -4.14. The number of likely N-dealkylation sites (N-methyl/N-ethyl adjacent to an activating group) is 1. The second-order valence-corrected chi connectivity index (χ2v) is 9.74. The van der Waals surface area contributed by atoms with Crippen molar-refractivity contribution in [2.45, 2.75) is 51.1 Å². The number of aryl methyl sites for hydroxylation is 1. The number of hydrogen-bond acceptors (Lipinski definition) is 4. The molecule has 2 atom stereocenters. The summed E-state index contributed by atoms with van der Waals surface area (Å²) in [5, 5.41) is 6.43. The minimum atomic E-state index is -1.07. The number of anilines is 1. The fourth-order valence-corrected chi connectivity index (χ4v) is 4.78. The first kappa shape index (κ1) is 26.9. The number of H-pyrrole nitrogens is 1. The first-order valence-corrected chi connectivity index (χ1v) is 13.1. The Bertz CT molecular complexity index is 1280. The molecule has 3 aromatic rings. The zero-order chi connectivity index (χ0) is 27.1. The van der Waals surface area contributed by atoms with Gasteiger partial charge in [-0.2, -0.15) is 0 Å². The summed E-state index contributed by atoms with van der Waals surface area (Å²) in [7, 11) is 1.65. The molecule has 0 radical (unpaired) electrons. The maximum Gasteiger partial charge on any atom is 0.249 e. The summed E-state index contributed by atoms with van der Waals surface area (Å²) >= 11 is 0. The molecule has 4 amide bonds. The van der Waals surface area contributed by atoms with E-state index in [-0.39, 0.29) is 30.6 Å². The van der Waals surface area contributed by atoms with Gasteiger partial charge in [-0.05, 0) is 43.9 Å². The molecule has 9 nitrogen and oxygen atoms in total. The monoisotopic (exact) mass is 517 g/mol. The molecule has 9 heteroatoms. The fraction of sp³-hybridized carbons (Fsp3) is 0.379. The van der Waals surface area contributed by atoms with Gasteiger partial charge in [-0.1, -0.05) is 42.5 Å². The van der Waals surface area contributed by atoms with Crippen molar-refractivity contribution in [3.63, 3.8) is 0 Å². The summed E-state index contributed by atoms with van der Waals surface area (Å²) in [4.78, 5) is 58.4. The van der Waals surface area contributed by atoms with Gasteiger partial charge in [0, 0.05) is 38.1 Å². The summed E-state index contributed by atoms with van der Waals surface area (Å²) in [5.74, 6) is -1.38. The lowest BCUT2D eigenvalue weighted by atomic mass is 10.1. The third kappa shape index (κ3) is 6.59. The van der Waals surface area contributed by atoms with Crippen LogP contribution >= 0.6 is 0 Å². The lowest BCUT2D eigenvalue weighted by Gasteiger charge is -2.26. The molecular weight excluding hydrogens is 482 g/mol. The molecule has 1 aromatic heterocycles. The molecule has 0 unspecified atom stereocenters. The highest BCUT2D eigenvalue weighted by Gasteiger charge is 2.30. The van der Waals surface area contributed by atoms with E-state index in [2.05, 4.69) is 15.6 Å². The van der Waals surface area contributed by atoms with Crippen LogP contribution in [0.3, 0.4) is 0 Å². The van der Waals surface area contributed by atoms with Crippen molar-refractivity contribution >= 4 is 40.2 Å². The fourth-order valence-electron chi connectivity index (χ4n) is 4.78. The zero-order valence-electron chi connectivity index (χ0n) is 21.9. The van der Waals surface area contributed by atoms with Crippen LogP contribution in [0.4, 0.5) is 5.69 Å². The van der Waals surface area contributed by atoms with Crippen molar-refractivity contribution < 1.29 is 19.2 Å². The summed E-state index contributed by atoms with van der Waals surface area (Å²) in [6, 6.07) is 15.2. The highest BCUT2D eigenvalue weighted by Crippen LogP contribution is 2.25. The van der Waals surface area contributed by atoms with Gasteiger partial charge < -0.3 is 25.4 Å². The third-order valence-electron chi connectivity index (χ3n) is 6.96. The normalized spacial score (nSPS) is 14.6. The number of nitrogens with zero attached hydrogens (tertiary/aromatic N) is 2. The Morgan fingerprint density at radius 1 is 0.974 bits per heavy atom. The Labute approximate surface area is 222 Å². The summed E-state index contributed by atoms with van der Waals surface area (Å²) < 4.78 is 0. The number of benzene rings is 2. The Balaban J connectivity index is 1.41. The molecule has 200 valence electrons. The van der Waals surface area contributed by atoms with Gasteiger partial charge in [0.15, 0.2) is 0 Å². The Morgan fingerprint density at radius 3 is 2.45 bits per heavy atom. The highest BCUT2D eigenvalue weighted by atomic mass is 16.2. The van der Waals surface area contributed by atoms with Crippen molar-refractivity contribution in [2.24, 2.45) is 0 Å². The van der Waals surface area contributed by atoms with Crippen molar-refractivity contribution in [3.8, 4) is 0 Å². The average Bonchev–Trinajstić information content (AvgIpc) is 3.64. The van der Waals surface area contributed by atoms with E-state index in [4.69, 9.17) is 0 Å². The number of carbonyl (C=O) groups is 4.